The van der Waals surface area contributed by atoms with Crippen LogP contribution in [0.4, 0.5) is 0 Å². The summed E-state index contributed by atoms with van der Waals surface area (Å²) in [4.78, 5) is 11.8. The molecule has 0 saturated carbocycles. The van der Waals surface area contributed by atoms with Crippen molar-refractivity contribution in [3.8, 4) is 0 Å². The zero-order valence-electron chi connectivity index (χ0n) is 12.6. The summed E-state index contributed by atoms with van der Waals surface area (Å²) in [6.07, 6.45) is 1.39. The van der Waals surface area contributed by atoms with E-state index in [2.05, 4.69) is 10.0 Å². The second kappa shape index (κ2) is 9.28. The fourth-order valence-electron chi connectivity index (χ4n) is 1.67. The standard InChI is InChI=1S/C12H27N3O4S/c1-4-12(5-2,10-13)15-11(16)9-14-20(17,18)8-7-19-6-3/h14H,4-10,13H2,1-3H3,(H,15,16). The molecule has 8 heteroatoms. The number of nitrogens with two attached hydrogens (primary N) is 1. The molecule has 0 aromatic rings. The van der Waals surface area contributed by atoms with Gasteiger partial charge in [0.25, 0.3) is 0 Å². The zero-order chi connectivity index (χ0) is 15.6. The van der Waals surface area contributed by atoms with Crippen LogP contribution in [0.3, 0.4) is 0 Å². The lowest BCUT2D eigenvalue weighted by atomic mass is 9.93. The van der Waals surface area contributed by atoms with Crippen molar-refractivity contribution in [2.75, 3.05) is 32.1 Å². The van der Waals surface area contributed by atoms with Gasteiger partial charge in [-0.15, -0.1) is 0 Å². The maximum absolute atomic E-state index is 11.8. The second-order valence-corrected chi connectivity index (χ2v) is 6.50. The van der Waals surface area contributed by atoms with Crippen molar-refractivity contribution >= 4 is 15.9 Å². The van der Waals surface area contributed by atoms with Crippen molar-refractivity contribution in [1.29, 1.82) is 0 Å². The summed E-state index contributed by atoms with van der Waals surface area (Å²) < 4.78 is 30.4. The molecule has 0 aliphatic heterocycles. The average molecular weight is 309 g/mol. The number of carbonyl (C=O) groups excluding carboxylic acids is 1. The molecule has 1 amide bonds. The van der Waals surface area contributed by atoms with Crippen LogP contribution in [0.1, 0.15) is 33.6 Å². The lowest BCUT2D eigenvalue weighted by Crippen LogP contribution is -2.55. The summed E-state index contributed by atoms with van der Waals surface area (Å²) in [5, 5.41) is 2.80. The van der Waals surface area contributed by atoms with Crippen LogP contribution in [0.25, 0.3) is 0 Å². The highest BCUT2D eigenvalue weighted by Gasteiger charge is 2.26. The maximum Gasteiger partial charge on any atom is 0.235 e. The highest BCUT2D eigenvalue weighted by atomic mass is 32.2. The molecule has 0 saturated heterocycles. The van der Waals surface area contributed by atoms with Crippen molar-refractivity contribution in [1.82, 2.24) is 10.0 Å². The number of hydrogen-bond acceptors (Lipinski definition) is 5. The quantitative estimate of drug-likeness (QED) is 0.449. The Morgan fingerprint density at radius 2 is 1.85 bits per heavy atom. The van der Waals surface area contributed by atoms with Gasteiger partial charge in [0.2, 0.25) is 15.9 Å². The highest BCUT2D eigenvalue weighted by Crippen LogP contribution is 2.12. The molecule has 0 heterocycles. The molecule has 0 spiro atoms. The van der Waals surface area contributed by atoms with Crippen LogP contribution in [0.5, 0.6) is 0 Å². The van der Waals surface area contributed by atoms with Gasteiger partial charge in [0.1, 0.15) is 0 Å². The predicted octanol–water partition coefficient (Wildman–Crippen LogP) is -0.424. The van der Waals surface area contributed by atoms with Crippen molar-refractivity contribution in [3.05, 3.63) is 0 Å². The number of carbonyl (C=O) groups is 1. The van der Waals surface area contributed by atoms with Gasteiger partial charge in [-0.1, -0.05) is 13.8 Å². The molecule has 0 radical (unpaired) electrons. The van der Waals surface area contributed by atoms with E-state index in [-0.39, 0.29) is 24.8 Å². The molecular weight excluding hydrogens is 282 g/mol. The Hall–Kier alpha value is -0.700. The van der Waals surface area contributed by atoms with Gasteiger partial charge in [0, 0.05) is 13.2 Å². The van der Waals surface area contributed by atoms with E-state index in [4.69, 9.17) is 10.5 Å². The maximum atomic E-state index is 11.8. The largest absolute Gasteiger partial charge is 0.381 e. The Morgan fingerprint density at radius 3 is 2.30 bits per heavy atom. The molecule has 0 aliphatic carbocycles. The van der Waals surface area contributed by atoms with E-state index in [0.29, 0.717) is 26.0 Å². The molecule has 0 fully saturated rings. The number of nitrogens with one attached hydrogen (secondary N) is 2. The van der Waals surface area contributed by atoms with Crippen LogP contribution in [-0.2, 0) is 19.6 Å². The first-order chi connectivity index (χ1) is 9.34. The molecule has 7 nitrogen and oxygen atoms in total. The third-order valence-electron chi connectivity index (χ3n) is 3.30. The normalized spacial score (nSPS) is 12.4. The van der Waals surface area contributed by atoms with E-state index in [1.54, 1.807) is 6.92 Å². The summed E-state index contributed by atoms with van der Waals surface area (Å²) in [7, 11) is -3.49. The van der Waals surface area contributed by atoms with Gasteiger partial charge >= 0.3 is 0 Å². The summed E-state index contributed by atoms with van der Waals surface area (Å²) in [5.74, 6) is -0.531. The molecule has 0 aromatic heterocycles. The lowest BCUT2D eigenvalue weighted by molar-refractivity contribution is -0.121. The predicted molar refractivity (Wildman–Crippen MR) is 78.8 cm³/mol. The van der Waals surface area contributed by atoms with Gasteiger partial charge in [-0.3, -0.25) is 4.79 Å². The van der Waals surface area contributed by atoms with E-state index in [0.717, 1.165) is 0 Å². The van der Waals surface area contributed by atoms with E-state index in [9.17, 15) is 13.2 Å². The summed E-state index contributed by atoms with van der Waals surface area (Å²) in [6, 6.07) is 0. The van der Waals surface area contributed by atoms with Gasteiger partial charge in [-0.05, 0) is 19.8 Å². The number of sulfonamides is 1. The summed E-state index contributed by atoms with van der Waals surface area (Å²) in [5.41, 5.74) is 5.21. The van der Waals surface area contributed by atoms with E-state index >= 15 is 0 Å². The molecule has 0 bridgehead atoms. The van der Waals surface area contributed by atoms with Gasteiger partial charge in [0.05, 0.1) is 24.4 Å². The number of rotatable bonds is 11. The zero-order valence-corrected chi connectivity index (χ0v) is 13.4. The van der Waals surface area contributed by atoms with Crippen LogP contribution in [0.15, 0.2) is 0 Å². The van der Waals surface area contributed by atoms with Crippen LogP contribution in [0, 0.1) is 0 Å². The van der Waals surface area contributed by atoms with Crippen LogP contribution in [-0.4, -0.2) is 51.9 Å². The number of amides is 1. The molecule has 0 unspecified atom stereocenters. The van der Waals surface area contributed by atoms with E-state index < -0.39 is 15.6 Å². The minimum atomic E-state index is -3.49. The minimum absolute atomic E-state index is 0.115. The Balaban J connectivity index is 4.28. The first-order valence-electron chi connectivity index (χ1n) is 6.90. The molecule has 4 N–H and O–H groups in total. The van der Waals surface area contributed by atoms with Gasteiger partial charge in [-0.25, -0.2) is 13.1 Å². The SMILES string of the molecule is CCOCCS(=O)(=O)NCC(=O)NC(CC)(CC)CN. The monoisotopic (exact) mass is 309 g/mol. The lowest BCUT2D eigenvalue weighted by Gasteiger charge is -2.31. The first kappa shape index (κ1) is 19.3. The van der Waals surface area contributed by atoms with Gasteiger partial charge in [0.15, 0.2) is 0 Å². The van der Waals surface area contributed by atoms with Crippen LogP contribution >= 0.6 is 0 Å². The Bertz CT molecular complexity index is 372. The van der Waals surface area contributed by atoms with Crippen molar-refractivity contribution in [2.45, 2.75) is 39.2 Å². The molecule has 0 aliphatic rings. The Labute approximate surface area is 121 Å². The second-order valence-electron chi connectivity index (χ2n) is 4.58. The van der Waals surface area contributed by atoms with Crippen molar-refractivity contribution in [2.24, 2.45) is 5.73 Å². The van der Waals surface area contributed by atoms with E-state index in [1.165, 1.54) is 0 Å². The molecule has 0 atom stereocenters. The molecule has 0 aromatic carbocycles. The minimum Gasteiger partial charge on any atom is -0.381 e. The molecular formula is C12H27N3O4S. The van der Waals surface area contributed by atoms with Crippen LogP contribution in [0.2, 0.25) is 0 Å². The summed E-state index contributed by atoms with van der Waals surface area (Å²) >= 11 is 0. The Kier molecular flexibility index (Phi) is 8.95. The number of ether oxygens (including phenoxy) is 1. The highest BCUT2D eigenvalue weighted by molar-refractivity contribution is 7.89. The third kappa shape index (κ3) is 7.18. The smallest absolute Gasteiger partial charge is 0.235 e. The Morgan fingerprint density at radius 1 is 1.25 bits per heavy atom. The van der Waals surface area contributed by atoms with E-state index in [1.807, 2.05) is 13.8 Å². The van der Waals surface area contributed by atoms with Gasteiger partial charge < -0.3 is 15.8 Å². The van der Waals surface area contributed by atoms with Crippen molar-refractivity contribution in [3.63, 3.8) is 0 Å². The molecule has 0 rings (SSSR count). The number of hydrogen-bond donors (Lipinski definition) is 3. The van der Waals surface area contributed by atoms with Crippen molar-refractivity contribution < 1.29 is 17.9 Å². The third-order valence-corrected chi connectivity index (χ3v) is 4.59. The summed E-state index contributed by atoms with van der Waals surface area (Å²) in [6.45, 7) is 6.27. The fraction of sp³-hybridized carbons (Fsp3) is 0.917. The topological polar surface area (TPSA) is 111 Å². The average Bonchev–Trinajstić information content (AvgIpc) is 2.43. The molecule has 20 heavy (non-hydrogen) atoms. The first-order valence-corrected chi connectivity index (χ1v) is 8.56. The van der Waals surface area contributed by atoms with Gasteiger partial charge in [-0.2, -0.15) is 0 Å². The molecule has 120 valence electrons. The fourth-order valence-corrected chi connectivity index (χ4v) is 2.50. The van der Waals surface area contributed by atoms with Crippen LogP contribution < -0.4 is 15.8 Å².